The number of hydrogen-bond acceptors (Lipinski definition) is 5. The lowest BCUT2D eigenvalue weighted by molar-refractivity contribution is -0.131. The first kappa shape index (κ1) is 23.8. The van der Waals surface area contributed by atoms with Gasteiger partial charge in [0.05, 0.1) is 19.3 Å². The van der Waals surface area contributed by atoms with Crippen LogP contribution < -0.4 is 10.1 Å². The van der Waals surface area contributed by atoms with E-state index >= 15 is 0 Å². The summed E-state index contributed by atoms with van der Waals surface area (Å²) in [4.78, 5) is 38.4. The summed E-state index contributed by atoms with van der Waals surface area (Å²) in [6.45, 7) is 2.53. The van der Waals surface area contributed by atoms with Crippen LogP contribution in [-0.4, -0.2) is 54.5 Å². The number of carbonyl (C=O) groups excluding carboxylic acids is 3. The molecule has 1 aliphatic rings. The van der Waals surface area contributed by atoms with Gasteiger partial charge in [0.15, 0.2) is 5.78 Å². The van der Waals surface area contributed by atoms with Crippen LogP contribution in [0, 0.1) is 5.82 Å². The van der Waals surface area contributed by atoms with Crippen LogP contribution >= 0.6 is 11.8 Å². The Morgan fingerprint density at radius 2 is 1.88 bits per heavy atom. The van der Waals surface area contributed by atoms with E-state index in [2.05, 4.69) is 5.32 Å². The van der Waals surface area contributed by atoms with Crippen molar-refractivity contribution in [1.82, 2.24) is 10.2 Å². The van der Waals surface area contributed by atoms with Gasteiger partial charge in [0.1, 0.15) is 11.6 Å². The average molecular weight is 459 g/mol. The Hall–Kier alpha value is -2.87. The number of ether oxygens (including phenoxy) is 1. The number of amides is 2. The van der Waals surface area contributed by atoms with Crippen LogP contribution in [0.25, 0.3) is 0 Å². The Kier molecular flexibility index (Phi) is 8.27. The van der Waals surface area contributed by atoms with Crippen molar-refractivity contribution in [3.8, 4) is 5.75 Å². The van der Waals surface area contributed by atoms with Crippen molar-refractivity contribution in [3.05, 3.63) is 59.4 Å². The fourth-order valence-electron chi connectivity index (χ4n) is 3.65. The van der Waals surface area contributed by atoms with Crippen LogP contribution in [0.5, 0.6) is 5.75 Å². The third-order valence-electron chi connectivity index (χ3n) is 5.44. The number of benzene rings is 2. The number of nitrogens with one attached hydrogen (secondary N) is 1. The van der Waals surface area contributed by atoms with Crippen molar-refractivity contribution >= 4 is 29.4 Å². The molecule has 0 saturated carbocycles. The maximum Gasteiger partial charge on any atom is 0.230 e. The summed E-state index contributed by atoms with van der Waals surface area (Å²) < 4.78 is 19.4. The van der Waals surface area contributed by atoms with Crippen molar-refractivity contribution in [2.45, 2.75) is 37.1 Å². The lowest BCUT2D eigenvalue weighted by Gasteiger charge is -2.32. The molecule has 0 aliphatic carbocycles. The molecule has 1 fully saturated rings. The quantitative estimate of drug-likeness (QED) is 0.484. The third-order valence-corrected chi connectivity index (χ3v) is 6.49. The molecule has 32 heavy (non-hydrogen) atoms. The van der Waals surface area contributed by atoms with Crippen LogP contribution in [0.1, 0.15) is 35.7 Å². The number of para-hydroxylation sites is 1. The van der Waals surface area contributed by atoms with Crippen molar-refractivity contribution in [2.24, 2.45) is 0 Å². The van der Waals surface area contributed by atoms with E-state index in [1.807, 2.05) is 29.2 Å². The maximum absolute atomic E-state index is 14.1. The first-order valence-electron chi connectivity index (χ1n) is 10.5. The van der Waals surface area contributed by atoms with Gasteiger partial charge in [0.2, 0.25) is 11.8 Å². The van der Waals surface area contributed by atoms with Gasteiger partial charge in [-0.05, 0) is 38.0 Å². The molecule has 2 aromatic rings. The number of piperidine rings is 1. The number of carbonyl (C=O) groups is 3. The molecule has 2 aromatic carbocycles. The summed E-state index contributed by atoms with van der Waals surface area (Å²) in [5.41, 5.74) is 1.17. The molecule has 3 rings (SSSR count). The summed E-state index contributed by atoms with van der Waals surface area (Å²) in [6.07, 6.45) is 1.64. The van der Waals surface area contributed by atoms with E-state index in [0.717, 1.165) is 17.3 Å². The molecule has 1 saturated heterocycles. The van der Waals surface area contributed by atoms with E-state index in [4.69, 9.17) is 4.74 Å². The molecule has 8 heteroatoms. The Labute approximate surface area is 191 Å². The van der Waals surface area contributed by atoms with Gasteiger partial charge in [0, 0.05) is 35.2 Å². The van der Waals surface area contributed by atoms with Gasteiger partial charge in [-0.3, -0.25) is 14.4 Å². The molecule has 1 heterocycles. The fourth-order valence-corrected chi connectivity index (χ4v) is 4.38. The van der Waals surface area contributed by atoms with Gasteiger partial charge < -0.3 is 15.0 Å². The number of likely N-dealkylation sites (tertiary alicyclic amines) is 1. The largest absolute Gasteiger partial charge is 0.496 e. The molecule has 2 amide bonds. The molecule has 0 atom stereocenters. The van der Waals surface area contributed by atoms with E-state index in [1.165, 1.54) is 19.1 Å². The van der Waals surface area contributed by atoms with Gasteiger partial charge in [-0.1, -0.05) is 24.3 Å². The summed E-state index contributed by atoms with van der Waals surface area (Å²) in [7, 11) is 1.59. The van der Waals surface area contributed by atoms with E-state index < -0.39 is 5.82 Å². The standard InChI is InChI=1S/C24H27FN2O4S/c1-16(28)17-7-8-22(20(25)13-17)32-15-23(29)26-19-9-11-27(12-10-19)24(30)14-18-5-3-4-6-21(18)31-2/h3-8,13,19H,9-12,14-15H2,1-2H3,(H,26,29). The summed E-state index contributed by atoms with van der Waals surface area (Å²) in [5.74, 6) is -0.0529. The molecule has 0 spiro atoms. The first-order chi connectivity index (χ1) is 15.4. The summed E-state index contributed by atoms with van der Waals surface area (Å²) in [5, 5.41) is 2.97. The Balaban J connectivity index is 1.43. The predicted octanol–water partition coefficient (Wildman–Crippen LogP) is 3.48. The molecule has 0 radical (unpaired) electrons. The number of hydrogen-bond donors (Lipinski definition) is 1. The second kappa shape index (κ2) is 11.1. The van der Waals surface area contributed by atoms with Crippen LogP contribution in [0.15, 0.2) is 47.4 Å². The summed E-state index contributed by atoms with van der Waals surface area (Å²) in [6, 6.07) is 11.7. The van der Waals surface area contributed by atoms with E-state index in [-0.39, 0.29) is 35.8 Å². The van der Waals surface area contributed by atoms with E-state index in [9.17, 15) is 18.8 Å². The van der Waals surface area contributed by atoms with Crippen LogP contribution in [0.3, 0.4) is 0 Å². The fraction of sp³-hybridized carbons (Fsp3) is 0.375. The molecule has 170 valence electrons. The highest BCUT2D eigenvalue weighted by atomic mass is 32.2. The molecule has 1 N–H and O–H groups in total. The monoisotopic (exact) mass is 458 g/mol. The molecular weight excluding hydrogens is 431 g/mol. The van der Waals surface area contributed by atoms with Gasteiger partial charge >= 0.3 is 0 Å². The number of methoxy groups -OCH3 is 1. The Bertz CT molecular complexity index is 990. The summed E-state index contributed by atoms with van der Waals surface area (Å²) >= 11 is 1.10. The third kappa shape index (κ3) is 6.32. The number of ketones is 1. The second-order valence-electron chi connectivity index (χ2n) is 7.70. The first-order valence-corrected chi connectivity index (χ1v) is 11.5. The van der Waals surface area contributed by atoms with Gasteiger partial charge in [-0.15, -0.1) is 11.8 Å². The smallest absolute Gasteiger partial charge is 0.230 e. The van der Waals surface area contributed by atoms with E-state index in [0.29, 0.717) is 42.1 Å². The molecule has 0 aromatic heterocycles. The molecule has 6 nitrogen and oxygen atoms in total. The Morgan fingerprint density at radius 3 is 2.53 bits per heavy atom. The van der Waals surface area contributed by atoms with Gasteiger partial charge in [-0.25, -0.2) is 4.39 Å². The highest BCUT2D eigenvalue weighted by Crippen LogP contribution is 2.23. The number of halogens is 1. The number of Topliss-reactive ketones (excluding diaryl/α,β-unsaturated/α-hetero) is 1. The zero-order valence-electron chi connectivity index (χ0n) is 18.2. The van der Waals surface area contributed by atoms with Crippen molar-refractivity contribution < 1.29 is 23.5 Å². The predicted molar refractivity (Wildman–Crippen MR) is 122 cm³/mol. The maximum atomic E-state index is 14.1. The van der Waals surface area contributed by atoms with Crippen molar-refractivity contribution in [3.63, 3.8) is 0 Å². The number of nitrogens with zero attached hydrogens (tertiary/aromatic N) is 1. The minimum atomic E-state index is -0.502. The Morgan fingerprint density at radius 1 is 1.16 bits per heavy atom. The van der Waals surface area contributed by atoms with Crippen LogP contribution in [0.2, 0.25) is 0 Å². The lowest BCUT2D eigenvalue weighted by Crippen LogP contribution is -2.47. The van der Waals surface area contributed by atoms with Gasteiger partial charge in [-0.2, -0.15) is 0 Å². The van der Waals surface area contributed by atoms with Crippen molar-refractivity contribution in [2.75, 3.05) is 26.0 Å². The molecule has 0 unspecified atom stereocenters. The topological polar surface area (TPSA) is 75.7 Å². The lowest BCUT2D eigenvalue weighted by atomic mass is 10.0. The average Bonchev–Trinajstić information content (AvgIpc) is 2.79. The normalized spacial score (nSPS) is 14.2. The molecule has 1 aliphatic heterocycles. The van der Waals surface area contributed by atoms with Crippen molar-refractivity contribution in [1.29, 1.82) is 0 Å². The molecule has 0 bridgehead atoms. The number of rotatable bonds is 8. The SMILES string of the molecule is COc1ccccc1CC(=O)N1CCC(NC(=O)CSc2ccc(C(C)=O)cc2F)CC1. The van der Waals surface area contributed by atoms with Crippen LogP contribution in [0.4, 0.5) is 4.39 Å². The highest BCUT2D eigenvalue weighted by Gasteiger charge is 2.24. The molecular formula is C24H27FN2O4S. The highest BCUT2D eigenvalue weighted by molar-refractivity contribution is 8.00. The van der Waals surface area contributed by atoms with Gasteiger partial charge in [0.25, 0.3) is 0 Å². The minimum absolute atomic E-state index is 0.0108. The minimum Gasteiger partial charge on any atom is -0.496 e. The van der Waals surface area contributed by atoms with Crippen LogP contribution in [-0.2, 0) is 16.0 Å². The van der Waals surface area contributed by atoms with E-state index in [1.54, 1.807) is 13.2 Å². The number of thioether (sulfide) groups is 1. The second-order valence-corrected chi connectivity index (χ2v) is 8.72. The zero-order valence-corrected chi connectivity index (χ0v) is 19.0. The zero-order chi connectivity index (χ0) is 23.1.